The van der Waals surface area contributed by atoms with Gasteiger partial charge in [-0.3, -0.25) is 0 Å². The van der Waals surface area contributed by atoms with Crippen LogP contribution in [0.3, 0.4) is 0 Å². The van der Waals surface area contributed by atoms with Crippen LogP contribution in [0.5, 0.6) is 0 Å². The van der Waals surface area contributed by atoms with Crippen molar-refractivity contribution in [2.24, 2.45) is 11.7 Å². The van der Waals surface area contributed by atoms with Crippen molar-refractivity contribution in [3.63, 3.8) is 0 Å². The van der Waals surface area contributed by atoms with Crippen molar-refractivity contribution in [3.05, 3.63) is 28.8 Å². The number of ether oxygens (including phenoxy) is 1. The molecule has 3 N–H and O–H groups in total. The van der Waals surface area contributed by atoms with Crippen LogP contribution in [-0.4, -0.2) is 33.6 Å². The quantitative estimate of drug-likeness (QED) is 0.724. The molecule has 0 aliphatic rings. The normalized spacial score (nSPS) is 14.6. The molecule has 1 rings (SSSR count). The van der Waals surface area contributed by atoms with E-state index >= 15 is 0 Å². The van der Waals surface area contributed by atoms with Crippen LogP contribution in [0, 0.1) is 5.92 Å². The van der Waals surface area contributed by atoms with Gasteiger partial charge in [0, 0.05) is 17.1 Å². The maximum absolute atomic E-state index is 12.7. The van der Waals surface area contributed by atoms with Crippen LogP contribution in [-0.2, 0) is 14.8 Å². The second-order valence-corrected chi connectivity index (χ2v) is 8.19. The Morgan fingerprint density at radius 1 is 1.43 bits per heavy atom. The van der Waals surface area contributed by atoms with Gasteiger partial charge in [0.15, 0.2) is 0 Å². The van der Waals surface area contributed by atoms with Crippen LogP contribution in [0.25, 0.3) is 0 Å². The minimum Gasteiger partial charge on any atom is -0.465 e. The summed E-state index contributed by atoms with van der Waals surface area (Å²) in [6.45, 7) is 5.82. The topological polar surface area (TPSA) is 98.5 Å². The first-order valence-electron chi connectivity index (χ1n) is 7.16. The number of carbonyl (C=O) groups excluding carboxylic acids is 1. The number of methoxy groups -OCH3 is 1. The summed E-state index contributed by atoms with van der Waals surface area (Å²) in [5.74, 6) is -0.525. The van der Waals surface area contributed by atoms with Crippen LogP contribution in [0.2, 0.25) is 5.02 Å². The van der Waals surface area contributed by atoms with Crippen molar-refractivity contribution in [3.8, 4) is 0 Å². The Morgan fingerprint density at radius 3 is 2.52 bits per heavy atom. The van der Waals surface area contributed by atoms with Crippen molar-refractivity contribution >= 4 is 27.6 Å². The Labute approximate surface area is 142 Å². The van der Waals surface area contributed by atoms with Crippen LogP contribution >= 0.6 is 11.6 Å². The zero-order valence-corrected chi connectivity index (χ0v) is 15.3. The fraction of sp³-hybridized carbons (Fsp3) is 0.533. The summed E-state index contributed by atoms with van der Waals surface area (Å²) < 4.78 is 32.7. The molecule has 0 amide bonds. The molecule has 0 saturated carbocycles. The summed E-state index contributed by atoms with van der Waals surface area (Å²) >= 11 is 5.85. The molecule has 0 radical (unpaired) electrons. The molecule has 6 nitrogen and oxygen atoms in total. The van der Waals surface area contributed by atoms with E-state index in [1.165, 1.54) is 25.3 Å². The Kier molecular flexibility index (Phi) is 6.59. The predicted octanol–water partition coefficient (Wildman–Crippen LogP) is 2.17. The summed E-state index contributed by atoms with van der Waals surface area (Å²) in [5.41, 5.74) is 4.82. The molecule has 8 heteroatoms. The monoisotopic (exact) mass is 362 g/mol. The van der Waals surface area contributed by atoms with E-state index in [2.05, 4.69) is 9.46 Å². The highest BCUT2D eigenvalue weighted by atomic mass is 35.5. The number of benzene rings is 1. The zero-order valence-electron chi connectivity index (χ0n) is 13.7. The molecule has 0 bridgehead atoms. The molecular formula is C15H23ClN2O4S. The minimum absolute atomic E-state index is 0.114. The molecule has 1 aromatic carbocycles. The van der Waals surface area contributed by atoms with Gasteiger partial charge in [-0.2, -0.15) is 0 Å². The third kappa shape index (κ3) is 5.17. The molecule has 130 valence electrons. The Bertz CT molecular complexity index is 676. The highest BCUT2D eigenvalue weighted by Gasteiger charge is 2.32. The number of rotatable bonds is 7. The fourth-order valence-corrected chi connectivity index (χ4v) is 4.23. The number of carbonyl (C=O) groups is 1. The average Bonchev–Trinajstić information content (AvgIpc) is 2.44. The fourth-order valence-electron chi connectivity index (χ4n) is 2.45. The molecule has 0 aliphatic heterocycles. The SMILES string of the molecule is COC(=O)c1cc(Cl)ccc1S(=O)(=O)NC(C)(CN)CC(C)C. The molecule has 0 aliphatic carbocycles. The van der Waals surface area contributed by atoms with Gasteiger partial charge in [0.25, 0.3) is 0 Å². The number of hydrogen-bond donors (Lipinski definition) is 2. The van der Waals surface area contributed by atoms with E-state index in [1.54, 1.807) is 6.92 Å². The van der Waals surface area contributed by atoms with E-state index in [1.807, 2.05) is 13.8 Å². The largest absolute Gasteiger partial charge is 0.465 e. The summed E-state index contributed by atoms with van der Waals surface area (Å²) in [5, 5.41) is 0.244. The number of hydrogen-bond acceptors (Lipinski definition) is 5. The van der Waals surface area contributed by atoms with Gasteiger partial charge < -0.3 is 10.5 Å². The number of nitrogens with one attached hydrogen (secondary N) is 1. The van der Waals surface area contributed by atoms with E-state index in [9.17, 15) is 13.2 Å². The van der Waals surface area contributed by atoms with Crippen LogP contribution in [0.4, 0.5) is 0 Å². The first-order valence-corrected chi connectivity index (χ1v) is 9.02. The molecule has 0 aromatic heterocycles. The standard InChI is InChI=1S/C15H23ClN2O4S/c1-10(2)8-15(3,9-17)18-23(20,21)13-6-5-11(16)7-12(13)14(19)22-4/h5-7,10,18H,8-9,17H2,1-4H3. The predicted molar refractivity (Wildman–Crippen MR) is 90.0 cm³/mol. The Balaban J connectivity index is 3.31. The first kappa shape index (κ1) is 19.9. The Hall–Kier alpha value is -1.15. The van der Waals surface area contributed by atoms with Crippen molar-refractivity contribution in [1.29, 1.82) is 0 Å². The Morgan fingerprint density at radius 2 is 2.04 bits per heavy atom. The van der Waals surface area contributed by atoms with Crippen LogP contribution < -0.4 is 10.5 Å². The van der Waals surface area contributed by atoms with Gasteiger partial charge in [0.05, 0.1) is 17.6 Å². The maximum Gasteiger partial charge on any atom is 0.339 e. The van der Waals surface area contributed by atoms with E-state index in [4.69, 9.17) is 17.3 Å². The van der Waals surface area contributed by atoms with Gasteiger partial charge in [0.2, 0.25) is 10.0 Å². The molecule has 0 heterocycles. The second-order valence-electron chi connectivity index (χ2n) is 6.10. The maximum atomic E-state index is 12.7. The molecule has 1 atom stereocenters. The first-order chi connectivity index (χ1) is 10.5. The molecule has 1 unspecified atom stereocenters. The molecule has 23 heavy (non-hydrogen) atoms. The van der Waals surface area contributed by atoms with E-state index < -0.39 is 21.5 Å². The average molecular weight is 363 g/mol. The van der Waals surface area contributed by atoms with Crippen molar-refractivity contribution in [2.75, 3.05) is 13.7 Å². The van der Waals surface area contributed by atoms with Crippen LogP contribution in [0.1, 0.15) is 37.6 Å². The number of sulfonamides is 1. The van der Waals surface area contributed by atoms with E-state index in [-0.39, 0.29) is 27.9 Å². The van der Waals surface area contributed by atoms with Gasteiger partial charge in [-0.05, 0) is 37.5 Å². The van der Waals surface area contributed by atoms with Gasteiger partial charge in [0.1, 0.15) is 0 Å². The molecule has 0 fully saturated rings. The van der Waals surface area contributed by atoms with Gasteiger partial charge in [-0.25, -0.2) is 17.9 Å². The van der Waals surface area contributed by atoms with Crippen molar-refractivity contribution in [2.45, 2.75) is 37.6 Å². The zero-order chi connectivity index (χ0) is 17.8. The second kappa shape index (κ2) is 7.61. The van der Waals surface area contributed by atoms with Gasteiger partial charge in [-0.15, -0.1) is 0 Å². The summed E-state index contributed by atoms with van der Waals surface area (Å²) in [4.78, 5) is 11.7. The lowest BCUT2D eigenvalue weighted by Crippen LogP contribution is -2.52. The summed E-state index contributed by atoms with van der Waals surface area (Å²) in [6, 6.07) is 3.96. The van der Waals surface area contributed by atoms with Gasteiger partial charge >= 0.3 is 5.97 Å². The van der Waals surface area contributed by atoms with Gasteiger partial charge in [-0.1, -0.05) is 25.4 Å². The number of halogens is 1. The molecule has 1 aromatic rings. The number of esters is 1. The summed E-state index contributed by atoms with van der Waals surface area (Å²) in [6.07, 6.45) is 0.559. The van der Waals surface area contributed by atoms with Crippen molar-refractivity contribution < 1.29 is 17.9 Å². The summed E-state index contributed by atoms with van der Waals surface area (Å²) in [7, 11) is -2.79. The smallest absolute Gasteiger partial charge is 0.339 e. The lowest BCUT2D eigenvalue weighted by molar-refractivity contribution is 0.0596. The lowest BCUT2D eigenvalue weighted by atomic mass is 9.92. The van der Waals surface area contributed by atoms with Crippen molar-refractivity contribution in [1.82, 2.24) is 4.72 Å². The highest BCUT2D eigenvalue weighted by molar-refractivity contribution is 7.89. The van der Waals surface area contributed by atoms with Crippen LogP contribution in [0.15, 0.2) is 23.1 Å². The number of nitrogens with two attached hydrogens (primary N) is 1. The third-order valence-corrected chi connectivity index (χ3v) is 5.26. The molecular weight excluding hydrogens is 340 g/mol. The third-order valence-electron chi connectivity index (χ3n) is 3.33. The molecule has 0 spiro atoms. The highest BCUT2D eigenvalue weighted by Crippen LogP contribution is 2.24. The van der Waals surface area contributed by atoms with E-state index in [0.29, 0.717) is 6.42 Å². The minimum atomic E-state index is -3.97. The lowest BCUT2D eigenvalue weighted by Gasteiger charge is -2.31. The molecule has 0 saturated heterocycles. The van der Waals surface area contributed by atoms with E-state index in [0.717, 1.165) is 0 Å².